The molecule has 2 aliphatic rings. The third kappa shape index (κ3) is 3.02. The summed E-state index contributed by atoms with van der Waals surface area (Å²) in [7, 11) is 0. The predicted octanol–water partition coefficient (Wildman–Crippen LogP) is 2.35. The van der Waals surface area contributed by atoms with Crippen molar-refractivity contribution in [1.29, 1.82) is 0 Å². The van der Waals surface area contributed by atoms with E-state index in [4.69, 9.17) is 23.2 Å². The van der Waals surface area contributed by atoms with Crippen LogP contribution in [0.1, 0.15) is 29.6 Å². The van der Waals surface area contributed by atoms with Gasteiger partial charge in [-0.3, -0.25) is 9.69 Å². The number of carbonyl (C=O) groups excluding carboxylic acids is 1. The van der Waals surface area contributed by atoms with Crippen LogP contribution >= 0.6 is 23.2 Å². The van der Waals surface area contributed by atoms with Gasteiger partial charge in [-0.15, -0.1) is 0 Å². The van der Waals surface area contributed by atoms with Crippen molar-refractivity contribution in [2.24, 2.45) is 0 Å². The topological polar surface area (TPSA) is 45.2 Å². The molecule has 0 bridgehead atoms. The number of hydrogen-bond donors (Lipinski definition) is 1. The van der Waals surface area contributed by atoms with Gasteiger partial charge in [0.2, 0.25) is 0 Å². The van der Waals surface area contributed by atoms with Gasteiger partial charge in [0.25, 0.3) is 5.91 Å². The van der Waals surface area contributed by atoms with Gasteiger partial charge in [-0.25, -0.2) is 4.98 Å². The van der Waals surface area contributed by atoms with Crippen LogP contribution < -0.4 is 5.32 Å². The normalized spacial score (nSPS) is 23.6. The molecule has 0 aromatic carbocycles. The zero-order valence-corrected chi connectivity index (χ0v) is 11.9. The third-order valence-corrected chi connectivity index (χ3v) is 4.18. The number of amides is 1. The Morgan fingerprint density at radius 2 is 2.11 bits per heavy atom. The Balaban J connectivity index is 1.61. The lowest BCUT2D eigenvalue weighted by atomic mass is 10.2. The highest BCUT2D eigenvalue weighted by molar-refractivity contribution is 6.34. The van der Waals surface area contributed by atoms with Crippen LogP contribution in [0, 0.1) is 0 Å². The average molecular weight is 300 g/mol. The molecule has 1 aromatic heterocycles. The Bertz CT molecular complexity index is 505. The molecule has 4 nitrogen and oxygen atoms in total. The van der Waals surface area contributed by atoms with Crippen LogP contribution in [0.5, 0.6) is 0 Å². The van der Waals surface area contributed by atoms with Crippen LogP contribution in [0.3, 0.4) is 0 Å². The fourth-order valence-electron chi connectivity index (χ4n) is 2.52. The maximum atomic E-state index is 12.1. The van der Waals surface area contributed by atoms with E-state index in [-0.39, 0.29) is 17.1 Å². The molecule has 2 fully saturated rings. The van der Waals surface area contributed by atoms with Gasteiger partial charge in [-0.05, 0) is 31.4 Å². The molecular weight excluding hydrogens is 285 g/mol. The van der Waals surface area contributed by atoms with Crippen molar-refractivity contribution in [2.45, 2.75) is 31.3 Å². The zero-order chi connectivity index (χ0) is 13.4. The Hall–Kier alpha value is -0.840. The van der Waals surface area contributed by atoms with Crippen LogP contribution in [0.2, 0.25) is 10.3 Å². The van der Waals surface area contributed by atoms with Gasteiger partial charge >= 0.3 is 0 Å². The molecule has 6 heteroatoms. The van der Waals surface area contributed by atoms with Gasteiger partial charge in [-0.1, -0.05) is 23.2 Å². The van der Waals surface area contributed by atoms with Crippen molar-refractivity contribution in [1.82, 2.24) is 15.2 Å². The first-order chi connectivity index (χ1) is 9.13. The van der Waals surface area contributed by atoms with E-state index in [9.17, 15) is 4.79 Å². The monoisotopic (exact) mass is 299 g/mol. The molecule has 1 saturated carbocycles. The summed E-state index contributed by atoms with van der Waals surface area (Å²) in [6.07, 6.45) is 3.60. The molecule has 19 heavy (non-hydrogen) atoms. The molecule has 1 aliphatic carbocycles. The second-order valence-corrected chi connectivity index (χ2v) is 5.90. The number of hydrogen-bond acceptors (Lipinski definition) is 3. The predicted molar refractivity (Wildman–Crippen MR) is 74.7 cm³/mol. The van der Waals surface area contributed by atoms with Crippen LogP contribution in [0.25, 0.3) is 0 Å². The molecule has 1 N–H and O–H groups in total. The van der Waals surface area contributed by atoms with Crippen molar-refractivity contribution in [3.8, 4) is 0 Å². The van der Waals surface area contributed by atoms with E-state index < -0.39 is 0 Å². The van der Waals surface area contributed by atoms with Gasteiger partial charge in [-0.2, -0.15) is 0 Å². The number of carbonyl (C=O) groups is 1. The number of nitrogens with zero attached hydrogens (tertiary/aromatic N) is 2. The van der Waals surface area contributed by atoms with E-state index in [1.165, 1.54) is 12.8 Å². The van der Waals surface area contributed by atoms with Crippen LogP contribution in [-0.4, -0.2) is 41.0 Å². The number of rotatable bonds is 3. The summed E-state index contributed by atoms with van der Waals surface area (Å²) in [4.78, 5) is 18.5. The maximum absolute atomic E-state index is 12.1. The minimum atomic E-state index is -0.170. The molecule has 0 radical (unpaired) electrons. The van der Waals surface area contributed by atoms with Crippen molar-refractivity contribution < 1.29 is 4.79 Å². The highest BCUT2D eigenvalue weighted by Gasteiger charge is 2.34. The van der Waals surface area contributed by atoms with Crippen molar-refractivity contribution in [3.63, 3.8) is 0 Å². The van der Waals surface area contributed by atoms with Crippen molar-refractivity contribution in [2.75, 3.05) is 13.1 Å². The molecule has 102 valence electrons. The summed E-state index contributed by atoms with van der Waals surface area (Å²) in [5.74, 6) is -0.170. The molecular formula is C13H15Cl2N3O. The van der Waals surface area contributed by atoms with Crippen LogP contribution in [0.15, 0.2) is 12.1 Å². The van der Waals surface area contributed by atoms with Gasteiger partial charge < -0.3 is 5.32 Å². The van der Waals surface area contributed by atoms with E-state index in [0.717, 1.165) is 25.6 Å². The Morgan fingerprint density at radius 1 is 1.32 bits per heavy atom. The molecule has 1 unspecified atom stereocenters. The Kier molecular flexibility index (Phi) is 3.65. The summed E-state index contributed by atoms with van der Waals surface area (Å²) in [5.41, 5.74) is 0.385. The fraction of sp³-hybridized carbons (Fsp3) is 0.538. The average Bonchev–Trinajstić information content (AvgIpc) is 3.10. The molecule has 0 spiro atoms. The summed E-state index contributed by atoms with van der Waals surface area (Å²) in [6, 6.07) is 4.15. The minimum Gasteiger partial charge on any atom is -0.348 e. The summed E-state index contributed by atoms with van der Waals surface area (Å²) < 4.78 is 0. The fourth-order valence-corrected chi connectivity index (χ4v) is 2.95. The SMILES string of the molecule is O=C(NC1CCN(C2CC2)C1)c1ccc(Cl)nc1Cl. The molecule has 1 aliphatic heterocycles. The second-order valence-electron chi connectivity index (χ2n) is 5.16. The smallest absolute Gasteiger partial charge is 0.254 e. The molecule has 3 rings (SSSR count). The van der Waals surface area contributed by atoms with Crippen LogP contribution in [-0.2, 0) is 0 Å². The number of nitrogens with one attached hydrogen (secondary N) is 1. The van der Waals surface area contributed by atoms with Gasteiger partial charge in [0.1, 0.15) is 10.3 Å². The largest absolute Gasteiger partial charge is 0.348 e. The quantitative estimate of drug-likeness (QED) is 0.872. The maximum Gasteiger partial charge on any atom is 0.254 e. The van der Waals surface area contributed by atoms with E-state index >= 15 is 0 Å². The first-order valence-electron chi connectivity index (χ1n) is 6.50. The number of likely N-dealkylation sites (tertiary alicyclic amines) is 1. The van der Waals surface area contributed by atoms with E-state index in [2.05, 4.69) is 15.2 Å². The minimum absolute atomic E-state index is 0.155. The van der Waals surface area contributed by atoms with E-state index in [1.54, 1.807) is 12.1 Å². The van der Waals surface area contributed by atoms with E-state index in [0.29, 0.717) is 10.7 Å². The standard InChI is InChI=1S/C13H15Cl2N3O/c14-11-4-3-10(12(15)17-11)13(19)16-8-5-6-18(7-8)9-1-2-9/h3-4,8-9H,1-2,5-7H2,(H,16,19). The third-order valence-electron chi connectivity index (χ3n) is 3.68. The highest BCUT2D eigenvalue weighted by atomic mass is 35.5. The number of aromatic nitrogens is 1. The lowest BCUT2D eigenvalue weighted by molar-refractivity contribution is 0.0937. The van der Waals surface area contributed by atoms with Gasteiger partial charge in [0.05, 0.1) is 5.56 Å². The zero-order valence-electron chi connectivity index (χ0n) is 10.4. The highest BCUT2D eigenvalue weighted by Crippen LogP contribution is 2.29. The first kappa shape index (κ1) is 13.2. The molecule has 1 atom stereocenters. The molecule has 2 heterocycles. The summed E-state index contributed by atoms with van der Waals surface area (Å²) >= 11 is 11.7. The second kappa shape index (κ2) is 5.27. The van der Waals surface area contributed by atoms with Gasteiger partial charge in [0, 0.05) is 25.2 Å². The van der Waals surface area contributed by atoms with E-state index in [1.807, 2.05) is 0 Å². The lowest BCUT2D eigenvalue weighted by Crippen LogP contribution is -2.37. The Morgan fingerprint density at radius 3 is 2.79 bits per heavy atom. The van der Waals surface area contributed by atoms with Gasteiger partial charge in [0.15, 0.2) is 0 Å². The molecule has 1 aromatic rings. The summed E-state index contributed by atoms with van der Waals surface area (Å²) in [5, 5.41) is 3.47. The number of pyridine rings is 1. The lowest BCUT2D eigenvalue weighted by Gasteiger charge is -2.16. The van der Waals surface area contributed by atoms with Crippen molar-refractivity contribution in [3.05, 3.63) is 28.0 Å². The van der Waals surface area contributed by atoms with Crippen LogP contribution in [0.4, 0.5) is 0 Å². The summed E-state index contributed by atoms with van der Waals surface area (Å²) in [6.45, 7) is 2.01. The van der Waals surface area contributed by atoms with Crippen molar-refractivity contribution >= 4 is 29.1 Å². The first-order valence-corrected chi connectivity index (χ1v) is 7.26. The number of halogens is 2. The molecule has 1 amide bonds. The molecule has 1 saturated heterocycles. The Labute approximate surface area is 122 Å².